The summed E-state index contributed by atoms with van der Waals surface area (Å²) >= 11 is 5.91. The van der Waals surface area contributed by atoms with Crippen molar-refractivity contribution in [2.24, 2.45) is 0 Å². The summed E-state index contributed by atoms with van der Waals surface area (Å²) in [5.41, 5.74) is 0. The monoisotopic (exact) mass is 240 g/mol. The summed E-state index contributed by atoms with van der Waals surface area (Å²) < 4.78 is 22.7. The van der Waals surface area contributed by atoms with Gasteiger partial charge in [-0.2, -0.15) is 0 Å². The van der Waals surface area contributed by atoms with Gasteiger partial charge in [0.2, 0.25) is 0 Å². The van der Waals surface area contributed by atoms with Gasteiger partial charge in [-0.15, -0.1) is 11.6 Å². The Morgan fingerprint density at radius 2 is 1.79 bits per heavy atom. The summed E-state index contributed by atoms with van der Waals surface area (Å²) in [6, 6.07) is 0. The lowest BCUT2D eigenvalue weighted by atomic mass is 10.2. The average Bonchev–Trinajstić information content (AvgIpc) is 2.01. The van der Waals surface area contributed by atoms with Crippen molar-refractivity contribution in [3.63, 3.8) is 0 Å². The van der Waals surface area contributed by atoms with Crippen molar-refractivity contribution in [1.29, 1.82) is 0 Å². The van der Waals surface area contributed by atoms with Crippen molar-refractivity contribution in [3.05, 3.63) is 0 Å². The van der Waals surface area contributed by atoms with E-state index in [2.05, 4.69) is 0 Å². The first kappa shape index (κ1) is 14.2. The third kappa shape index (κ3) is 4.65. The molecule has 0 bridgehead atoms. The molecule has 86 valence electrons. The third-order valence-electron chi connectivity index (χ3n) is 2.31. The van der Waals surface area contributed by atoms with Crippen molar-refractivity contribution in [2.45, 2.75) is 57.1 Å². The second-order valence-electron chi connectivity index (χ2n) is 4.58. The Bertz CT molecular complexity index is 252. The van der Waals surface area contributed by atoms with Crippen LogP contribution in [-0.4, -0.2) is 24.3 Å². The molecule has 0 aromatic rings. The second-order valence-corrected chi connectivity index (χ2v) is 8.06. The van der Waals surface area contributed by atoms with E-state index in [0.29, 0.717) is 6.42 Å². The lowest BCUT2D eigenvalue weighted by Gasteiger charge is -2.19. The molecule has 1 unspecified atom stereocenters. The fourth-order valence-corrected chi connectivity index (χ4v) is 2.32. The van der Waals surface area contributed by atoms with E-state index in [-0.39, 0.29) is 11.1 Å². The van der Waals surface area contributed by atoms with Crippen LogP contribution in [0.4, 0.5) is 0 Å². The van der Waals surface area contributed by atoms with Crippen LogP contribution in [0.3, 0.4) is 0 Å². The van der Waals surface area contributed by atoms with Crippen molar-refractivity contribution in [2.75, 3.05) is 5.75 Å². The summed E-state index contributed by atoms with van der Waals surface area (Å²) in [5, 5.41) is 0.116. The molecular weight excluding hydrogens is 220 g/mol. The number of hydrogen-bond donors (Lipinski definition) is 0. The van der Waals surface area contributed by atoms with E-state index in [4.69, 9.17) is 11.6 Å². The molecule has 0 spiro atoms. The van der Waals surface area contributed by atoms with E-state index in [0.717, 1.165) is 12.8 Å². The highest BCUT2D eigenvalue weighted by atomic mass is 35.5. The highest BCUT2D eigenvalue weighted by Gasteiger charge is 2.28. The smallest absolute Gasteiger partial charge is 0.155 e. The minimum Gasteiger partial charge on any atom is -0.228 e. The molecule has 0 rings (SSSR count). The molecule has 2 nitrogen and oxygen atoms in total. The van der Waals surface area contributed by atoms with Crippen molar-refractivity contribution >= 4 is 21.4 Å². The van der Waals surface area contributed by atoms with Gasteiger partial charge in [-0.1, -0.05) is 6.92 Å². The number of alkyl halides is 1. The largest absolute Gasteiger partial charge is 0.228 e. The normalized spacial score (nSPS) is 15.5. The predicted molar refractivity (Wildman–Crippen MR) is 62.7 cm³/mol. The van der Waals surface area contributed by atoms with E-state index in [1.807, 2.05) is 6.92 Å². The Balaban J connectivity index is 4.03. The first-order chi connectivity index (χ1) is 6.20. The Kier molecular flexibility index (Phi) is 5.45. The van der Waals surface area contributed by atoms with Crippen molar-refractivity contribution in [1.82, 2.24) is 0 Å². The SMILES string of the molecule is CCC(Cl)CCCS(=O)(=O)C(C)(C)C. The van der Waals surface area contributed by atoms with Gasteiger partial charge >= 0.3 is 0 Å². The van der Waals surface area contributed by atoms with Gasteiger partial charge in [0.05, 0.1) is 10.5 Å². The Labute approximate surface area is 93.0 Å². The van der Waals surface area contributed by atoms with E-state index < -0.39 is 14.6 Å². The molecule has 0 heterocycles. The minimum atomic E-state index is -2.96. The van der Waals surface area contributed by atoms with Crippen LogP contribution < -0.4 is 0 Å². The lowest BCUT2D eigenvalue weighted by molar-refractivity contribution is 0.555. The quantitative estimate of drug-likeness (QED) is 0.693. The van der Waals surface area contributed by atoms with Gasteiger partial charge in [-0.25, -0.2) is 8.42 Å². The van der Waals surface area contributed by atoms with Gasteiger partial charge in [-0.3, -0.25) is 0 Å². The molecule has 0 amide bonds. The molecule has 14 heavy (non-hydrogen) atoms. The topological polar surface area (TPSA) is 34.1 Å². The van der Waals surface area contributed by atoms with Gasteiger partial charge < -0.3 is 0 Å². The maximum atomic E-state index is 11.7. The molecule has 0 aromatic heterocycles. The maximum Gasteiger partial charge on any atom is 0.155 e. The molecular formula is C10H21ClO2S. The van der Waals surface area contributed by atoms with Crippen LogP contribution in [-0.2, 0) is 9.84 Å². The summed E-state index contributed by atoms with van der Waals surface area (Å²) in [4.78, 5) is 0. The molecule has 0 aliphatic rings. The summed E-state index contributed by atoms with van der Waals surface area (Å²) in [7, 11) is -2.96. The highest BCUT2D eigenvalue weighted by molar-refractivity contribution is 7.92. The molecule has 4 heteroatoms. The standard InChI is InChI=1S/C10H21ClO2S/c1-5-9(11)7-6-8-14(12,13)10(2,3)4/h9H,5-8H2,1-4H3. The van der Waals surface area contributed by atoms with Crippen LogP contribution in [0.2, 0.25) is 0 Å². The molecule has 0 saturated carbocycles. The van der Waals surface area contributed by atoms with Gasteiger partial charge in [-0.05, 0) is 40.0 Å². The molecule has 0 aliphatic carbocycles. The number of rotatable bonds is 5. The zero-order chi connectivity index (χ0) is 11.4. The molecule has 0 aliphatic heterocycles. The molecule has 0 fully saturated rings. The van der Waals surface area contributed by atoms with E-state index in [9.17, 15) is 8.42 Å². The summed E-state index contributed by atoms with van der Waals surface area (Å²) in [6.45, 7) is 7.22. The van der Waals surface area contributed by atoms with Crippen LogP contribution in [0.25, 0.3) is 0 Å². The molecule has 0 N–H and O–H groups in total. The molecule has 0 saturated heterocycles. The molecule has 1 atom stereocenters. The van der Waals surface area contributed by atoms with Crippen LogP contribution >= 0.6 is 11.6 Å². The van der Waals surface area contributed by atoms with Crippen molar-refractivity contribution < 1.29 is 8.42 Å². The van der Waals surface area contributed by atoms with E-state index in [1.165, 1.54) is 0 Å². The predicted octanol–water partition coefficient (Wildman–Crippen LogP) is 3.00. The number of hydrogen-bond acceptors (Lipinski definition) is 2. The zero-order valence-corrected chi connectivity index (χ0v) is 11.1. The summed E-state index contributed by atoms with van der Waals surface area (Å²) in [6.07, 6.45) is 2.35. The van der Waals surface area contributed by atoms with Crippen LogP contribution in [0, 0.1) is 0 Å². The van der Waals surface area contributed by atoms with Gasteiger partial charge in [0.15, 0.2) is 9.84 Å². The number of sulfone groups is 1. The van der Waals surface area contributed by atoms with E-state index >= 15 is 0 Å². The summed E-state index contributed by atoms with van der Waals surface area (Å²) in [5.74, 6) is 0.250. The Hall–Kier alpha value is 0.240. The second kappa shape index (κ2) is 5.36. The van der Waals surface area contributed by atoms with Crippen LogP contribution in [0.1, 0.15) is 47.0 Å². The fourth-order valence-electron chi connectivity index (χ4n) is 1.01. The van der Waals surface area contributed by atoms with Gasteiger partial charge in [0, 0.05) is 5.38 Å². The average molecular weight is 241 g/mol. The first-order valence-electron chi connectivity index (χ1n) is 5.07. The molecule has 0 aromatic carbocycles. The lowest BCUT2D eigenvalue weighted by Crippen LogP contribution is -2.30. The maximum absolute atomic E-state index is 11.7. The van der Waals surface area contributed by atoms with Crippen LogP contribution in [0.5, 0.6) is 0 Å². The Morgan fingerprint density at radius 1 is 1.29 bits per heavy atom. The minimum absolute atomic E-state index is 0.116. The van der Waals surface area contributed by atoms with Crippen molar-refractivity contribution in [3.8, 4) is 0 Å². The van der Waals surface area contributed by atoms with Gasteiger partial charge in [0.25, 0.3) is 0 Å². The van der Waals surface area contributed by atoms with Crippen LogP contribution in [0.15, 0.2) is 0 Å². The van der Waals surface area contributed by atoms with Gasteiger partial charge in [0.1, 0.15) is 0 Å². The highest BCUT2D eigenvalue weighted by Crippen LogP contribution is 2.18. The zero-order valence-electron chi connectivity index (χ0n) is 9.51. The Morgan fingerprint density at radius 3 is 2.14 bits per heavy atom. The first-order valence-corrected chi connectivity index (χ1v) is 7.16. The van der Waals surface area contributed by atoms with E-state index in [1.54, 1.807) is 20.8 Å². The fraction of sp³-hybridized carbons (Fsp3) is 1.00. The number of halogens is 1. The molecule has 0 radical (unpaired) electrons. The third-order valence-corrected chi connectivity index (χ3v) is 5.53.